The van der Waals surface area contributed by atoms with Crippen molar-refractivity contribution in [2.24, 2.45) is 0 Å². The molecule has 0 aliphatic rings. The minimum absolute atomic E-state index is 0.0209. The second-order valence-electron chi connectivity index (χ2n) is 2.34. The molecule has 1 N–H and O–H groups in total. The van der Waals surface area contributed by atoms with Gasteiger partial charge in [0.05, 0.1) is 10.2 Å². The molecular formula is C7H6N2OS. The zero-order valence-electron chi connectivity index (χ0n) is 5.92. The standard InChI is InChI=1S/C7H6N2OS/c1-4-2-5-6(3-8-4)11-7(10)9-5/h2-3H,1H3,(H,9,10). The van der Waals surface area contributed by atoms with Crippen LogP contribution < -0.4 is 4.87 Å². The summed E-state index contributed by atoms with van der Waals surface area (Å²) < 4.78 is 0.917. The van der Waals surface area contributed by atoms with Crippen molar-refractivity contribution in [2.45, 2.75) is 6.92 Å². The minimum Gasteiger partial charge on any atom is -0.312 e. The lowest BCUT2D eigenvalue weighted by atomic mass is 10.3. The maximum atomic E-state index is 10.8. The fourth-order valence-corrected chi connectivity index (χ4v) is 1.65. The molecule has 0 bridgehead atoms. The number of aryl methyl sites for hydroxylation is 1. The summed E-state index contributed by atoms with van der Waals surface area (Å²) in [5.41, 5.74) is 1.80. The molecule has 0 radical (unpaired) electrons. The first-order valence-electron chi connectivity index (χ1n) is 3.21. The molecule has 4 heteroatoms. The molecule has 2 aromatic heterocycles. The van der Waals surface area contributed by atoms with Gasteiger partial charge in [0.1, 0.15) is 0 Å². The van der Waals surface area contributed by atoms with Crippen molar-refractivity contribution in [3.63, 3.8) is 0 Å². The van der Waals surface area contributed by atoms with Gasteiger partial charge in [-0.25, -0.2) is 0 Å². The van der Waals surface area contributed by atoms with Gasteiger partial charge >= 0.3 is 4.87 Å². The van der Waals surface area contributed by atoms with Crippen molar-refractivity contribution in [1.29, 1.82) is 0 Å². The third-order valence-corrected chi connectivity index (χ3v) is 2.28. The Bertz CT molecular complexity index is 443. The van der Waals surface area contributed by atoms with E-state index in [2.05, 4.69) is 9.97 Å². The van der Waals surface area contributed by atoms with Crippen molar-refractivity contribution < 1.29 is 0 Å². The number of fused-ring (bicyclic) bond motifs is 1. The van der Waals surface area contributed by atoms with Crippen molar-refractivity contribution in [2.75, 3.05) is 0 Å². The first-order valence-corrected chi connectivity index (χ1v) is 4.03. The number of H-pyrrole nitrogens is 1. The molecule has 56 valence electrons. The molecule has 0 atom stereocenters. The summed E-state index contributed by atoms with van der Waals surface area (Å²) in [6, 6.07) is 1.87. The van der Waals surface area contributed by atoms with Crippen molar-refractivity contribution >= 4 is 21.6 Å². The first kappa shape index (κ1) is 6.54. The van der Waals surface area contributed by atoms with Gasteiger partial charge in [-0.1, -0.05) is 11.3 Å². The van der Waals surface area contributed by atoms with E-state index < -0.39 is 0 Å². The Labute approximate surface area is 66.7 Å². The number of hydrogen-bond donors (Lipinski definition) is 1. The Balaban J connectivity index is 2.92. The van der Waals surface area contributed by atoms with E-state index in [1.165, 1.54) is 11.3 Å². The Morgan fingerprint density at radius 1 is 1.64 bits per heavy atom. The molecule has 3 nitrogen and oxygen atoms in total. The number of aromatic amines is 1. The fraction of sp³-hybridized carbons (Fsp3) is 0.143. The van der Waals surface area contributed by atoms with Crippen molar-refractivity contribution in [1.82, 2.24) is 9.97 Å². The lowest BCUT2D eigenvalue weighted by Gasteiger charge is -1.88. The lowest BCUT2D eigenvalue weighted by molar-refractivity contribution is 1.22. The molecule has 11 heavy (non-hydrogen) atoms. The predicted molar refractivity (Wildman–Crippen MR) is 45.0 cm³/mol. The van der Waals surface area contributed by atoms with Gasteiger partial charge in [0.25, 0.3) is 0 Å². The summed E-state index contributed by atoms with van der Waals surface area (Å²) in [6.45, 7) is 1.90. The highest BCUT2D eigenvalue weighted by Crippen LogP contribution is 2.12. The molecule has 0 unspecified atom stereocenters. The molecule has 2 rings (SSSR count). The monoisotopic (exact) mass is 166 g/mol. The Kier molecular flexibility index (Phi) is 1.29. The molecule has 0 aliphatic heterocycles. The van der Waals surface area contributed by atoms with Gasteiger partial charge in [0.15, 0.2) is 0 Å². The Hall–Kier alpha value is -1.16. The highest BCUT2D eigenvalue weighted by molar-refractivity contribution is 7.16. The van der Waals surface area contributed by atoms with E-state index >= 15 is 0 Å². The zero-order chi connectivity index (χ0) is 7.84. The Morgan fingerprint density at radius 2 is 2.45 bits per heavy atom. The van der Waals surface area contributed by atoms with E-state index in [1.54, 1.807) is 6.20 Å². The quantitative estimate of drug-likeness (QED) is 0.641. The van der Waals surface area contributed by atoms with E-state index in [0.29, 0.717) is 0 Å². The van der Waals surface area contributed by atoms with E-state index in [0.717, 1.165) is 15.9 Å². The number of hydrogen-bond acceptors (Lipinski definition) is 3. The van der Waals surface area contributed by atoms with Crippen LogP contribution >= 0.6 is 11.3 Å². The Morgan fingerprint density at radius 3 is 3.27 bits per heavy atom. The van der Waals surface area contributed by atoms with Crippen LogP contribution in [0.5, 0.6) is 0 Å². The fourth-order valence-electron chi connectivity index (χ4n) is 0.962. The van der Waals surface area contributed by atoms with Gasteiger partial charge in [-0.15, -0.1) is 0 Å². The number of pyridine rings is 1. The van der Waals surface area contributed by atoms with Crippen molar-refractivity contribution in [3.05, 3.63) is 27.6 Å². The third-order valence-electron chi connectivity index (χ3n) is 1.44. The van der Waals surface area contributed by atoms with Gasteiger partial charge in [0, 0.05) is 11.9 Å². The number of rotatable bonds is 0. The average Bonchev–Trinajstić information content (AvgIpc) is 2.27. The molecule has 0 aliphatic carbocycles. The lowest BCUT2D eigenvalue weighted by Crippen LogP contribution is -1.89. The van der Waals surface area contributed by atoms with E-state index in [4.69, 9.17) is 0 Å². The van der Waals surface area contributed by atoms with Crippen LogP contribution in [-0.4, -0.2) is 9.97 Å². The van der Waals surface area contributed by atoms with Crippen LogP contribution in [0.1, 0.15) is 5.69 Å². The summed E-state index contributed by atoms with van der Waals surface area (Å²) in [5.74, 6) is 0. The predicted octanol–water partition coefficient (Wildman–Crippen LogP) is 1.29. The van der Waals surface area contributed by atoms with E-state index in [9.17, 15) is 4.79 Å². The first-order chi connectivity index (χ1) is 5.25. The molecule has 2 aromatic rings. The number of nitrogens with one attached hydrogen (secondary N) is 1. The topological polar surface area (TPSA) is 45.8 Å². The van der Waals surface area contributed by atoms with Crippen LogP contribution in [0.4, 0.5) is 0 Å². The van der Waals surface area contributed by atoms with Gasteiger partial charge in [0.2, 0.25) is 0 Å². The maximum Gasteiger partial charge on any atom is 0.305 e. The number of nitrogens with zero attached hydrogens (tertiary/aromatic N) is 1. The molecule has 2 heterocycles. The maximum absolute atomic E-state index is 10.8. The molecule has 0 amide bonds. The molecule has 0 aromatic carbocycles. The van der Waals surface area contributed by atoms with Gasteiger partial charge in [-0.05, 0) is 13.0 Å². The molecule has 0 spiro atoms. The SMILES string of the molecule is Cc1cc2[nH]c(=O)sc2cn1. The smallest absolute Gasteiger partial charge is 0.305 e. The summed E-state index contributed by atoms with van der Waals surface area (Å²) >= 11 is 1.19. The highest BCUT2D eigenvalue weighted by atomic mass is 32.1. The zero-order valence-corrected chi connectivity index (χ0v) is 6.73. The molecule has 0 fully saturated rings. The van der Waals surface area contributed by atoms with Crippen LogP contribution in [0.2, 0.25) is 0 Å². The number of thiazole rings is 1. The largest absolute Gasteiger partial charge is 0.312 e. The molecule has 0 saturated carbocycles. The third kappa shape index (κ3) is 1.05. The summed E-state index contributed by atoms with van der Waals surface area (Å²) in [5, 5.41) is 0. The summed E-state index contributed by atoms with van der Waals surface area (Å²) in [7, 11) is 0. The minimum atomic E-state index is -0.0209. The van der Waals surface area contributed by atoms with E-state index in [1.807, 2.05) is 13.0 Å². The van der Waals surface area contributed by atoms with Crippen LogP contribution in [0.3, 0.4) is 0 Å². The van der Waals surface area contributed by atoms with Gasteiger partial charge < -0.3 is 4.98 Å². The van der Waals surface area contributed by atoms with Crippen LogP contribution in [0.15, 0.2) is 17.1 Å². The highest BCUT2D eigenvalue weighted by Gasteiger charge is 1.97. The van der Waals surface area contributed by atoms with Gasteiger partial charge in [-0.3, -0.25) is 9.78 Å². The van der Waals surface area contributed by atoms with Crippen molar-refractivity contribution in [3.8, 4) is 0 Å². The second kappa shape index (κ2) is 2.17. The summed E-state index contributed by atoms with van der Waals surface area (Å²) in [6.07, 6.45) is 1.72. The number of aromatic nitrogens is 2. The van der Waals surface area contributed by atoms with Gasteiger partial charge in [-0.2, -0.15) is 0 Å². The molecule has 0 saturated heterocycles. The normalized spacial score (nSPS) is 10.6. The summed E-state index contributed by atoms with van der Waals surface area (Å²) in [4.78, 5) is 17.6. The van der Waals surface area contributed by atoms with E-state index in [-0.39, 0.29) is 4.87 Å². The molecular weight excluding hydrogens is 160 g/mol. The second-order valence-corrected chi connectivity index (χ2v) is 3.35. The van der Waals surface area contributed by atoms with Crippen LogP contribution in [-0.2, 0) is 0 Å². The van der Waals surface area contributed by atoms with Crippen LogP contribution in [0, 0.1) is 6.92 Å². The van der Waals surface area contributed by atoms with Crippen LogP contribution in [0.25, 0.3) is 10.2 Å². The average molecular weight is 166 g/mol.